The van der Waals surface area contributed by atoms with E-state index in [2.05, 4.69) is 10.4 Å². The Hall–Kier alpha value is -2.67. The van der Waals surface area contributed by atoms with Crippen LogP contribution in [0.25, 0.3) is 11.3 Å². The average molecular weight is 288 g/mol. The van der Waals surface area contributed by atoms with Gasteiger partial charge in [-0.05, 0) is 12.1 Å². The molecule has 0 spiro atoms. The van der Waals surface area contributed by atoms with E-state index in [0.717, 1.165) is 0 Å². The second-order valence-corrected chi connectivity index (χ2v) is 4.44. The van der Waals surface area contributed by atoms with Gasteiger partial charge >= 0.3 is 0 Å². The van der Waals surface area contributed by atoms with E-state index in [9.17, 15) is 9.59 Å². The van der Waals surface area contributed by atoms with Crippen LogP contribution in [0.1, 0.15) is 17.3 Å². The third-order valence-corrected chi connectivity index (χ3v) is 2.86. The molecule has 0 atom stereocenters. The standard InChI is InChI=1S/C14H16N4O3/c1-9(20)16-11-5-3-4-10(6-11)13-12(7-19)14(15)18(17-13)8-21-2/h3-7H,8,15H2,1-2H3,(H,16,20). The van der Waals surface area contributed by atoms with Crippen LogP contribution in [-0.4, -0.2) is 29.1 Å². The normalized spacial score (nSPS) is 10.4. The summed E-state index contributed by atoms with van der Waals surface area (Å²) < 4.78 is 6.39. The quantitative estimate of drug-likeness (QED) is 0.812. The molecule has 0 bridgehead atoms. The van der Waals surface area contributed by atoms with E-state index in [1.54, 1.807) is 24.3 Å². The van der Waals surface area contributed by atoms with Gasteiger partial charge in [-0.2, -0.15) is 5.10 Å². The molecular formula is C14H16N4O3. The Morgan fingerprint density at radius 1 is 1.52 bits per heavy atom. The van der Waals surface area contributed by atoms with Gasteiger partial charge in [0.15, 0.2) is 6.29 Å². The molecule has 0 radical (unpaired) electrons. The third-order valence-electron chi connectivity index (χ3n) is 2.86. The highest BCUT2D eigenvalue weighted by Gasteiger charge is 2.16. The predicted octanol–water partition coefficient (Wildman–Crippen LogP) is 1.51. The number of ether oxygens (including phenoxy) is 1. The lowest BCUT2D eigenvalue weighted by molar-refractivity contribution is -0.114. The number of hydrogen-bond donors (Lipinski definition) is 2. The van der Waals surface area contributed by atoms with Crippen molar-refractivity contribution >= 4 is 23.7 Å². The van der Waals surface area contributed by atoms with Gasteiger partial charge in [-0.1, -0.05) is 12.1 Å². The molecule has 3 N–H and O–H groups in total. The van der Waals surface area contributed by atoms with Crippen molar-refractivity contribution in [2.45, 2.75) is 13.7 Å². The Bertz CT molecular complexity index is 679. The minimum absolute atomic E-state index is 0.151. The summed E-state index contributed by atoms with van der Waals surface area (Å²) in [6, 6.07) is 7.03. The topological polar surface area (TPSA) is 99.2 Å². The predicted molar refractivity (Wildman–Crippen MR) is 78.8 cm³/mol. The largest absolute Gasteiger partial charge is 0.383 e. The maximum absolute atomic E-state index is 11.3. The smallest absolute Gasteiger partial charge is 0.221 e. The van der Waals surface area contributed by atoms with Crippen molar-refractivity contribution in [2.75, 3.05) is 18.2 Å². The second-order valence-electron chi connectivity index (χ2n) is 4.44. The fraction of sp³-hybridized carbons (Fsp3) is 0.214. The molecule has 0 aliphatic heterocycles. The van der Waals surface area contributed by atoms with E-state index in [0.29, 0.717) is 28.8 Å². The number of hydrogen-bond acceptors (Lipinski definition) is 5. The minimum atomic E-state index is -0.174. The van der Waals surface area contributed by atoms with Crippen LogP contribution in [0, 0.1) is 0 Å². The average Bonchev–Trinajstić information content (AvgIpc) is 2.75. The summed E-state index contributed by atoms with van der Waals surface area (Å²) in [7, 11) is 1.51. The van der Waals surface area contributed by atoms with Gasteiger partial charge in [0, 0.05) is 25.3 Å². The van der Waals surface area contributed by atoms with Crippen molar-refractivity contribution in [3.63, 3.8) is 0 Å². The van der Waals surface area contributed by atoms with Crippen LogP contribution in [0.3, 0.4) is 0 Å². The van der Waals surface area contributed by atoms with Crippen molar-refractivity contribution in [3.8, 4) is 11.3 Å². The first kappa shape index (κ1) is 14.7. The van der Waals surface area contributed by atoms with Gasteiger partial charge in [0.05, 0.1) is 5.56 Å². The maximum Gasteiger partial charge on any atom is 0.221 e. The molecule has 7 nitrogen and oxygen atoms in total. The lowest BCUT2D eigenvalue weighted by atomic mass is 10.1. The molecule has 0 saturated heterocycles. The molecule has 0 saturated carbocycles. The molecule has 0 aliphatic rings. The molecule has 7 heteroatoms. The first-order valence-corrected chi connectivity index (χ1v) is 6.25. The summed E-state index contributed by atoms with van der Waals surface area (Å²) in [5.74, 6) is 0.0685. The molecule has 2 aromatic rings. The number of nitrogens with one attached hydrogen (secondary N) is 1. The number of anilines is 2. The minimum Gasteiger partial charge on any atom is -0.383 e. The SMILES string of the molecule is COCn1nc(-c2cccc(NC(C)=O)c2)c(C=O)c1N. The number of carbonyl (C=O) groups excluding carboxylic acids is 2. The Balaban J connectivity index is 2.48. The van der Waals surface area contributed by atoms with Gasteiger partial charge in [-0.3, -0.25) is 9.59 Å². The molecule has 0 fully saturated rings. The van der Waals surface area contributed by atoms with Gasteiger partial charge in [0.1, 0.15) is 18.2 Å². The number of methoxy groups -OCH3 is 1. The van der Waals surface area contributed by atoms with Gasteiger partial charge in [-0.15, -0.1) is 0 Å². The van der Waals surface area contributed by atoms with Gasteiger partial charge in [-0.25, -0.2) is 4.68 Å². The zero-order valence-electron chi connectivity index (χ0n) is 11.8. The molecule has 2 rings (SSSR count). The first-order chi connectivity index (χ1) is 10.1. The van der Waals surface area contributed by atoms with Crippen molar-refractivity contribution in [3.05, 3.63) is 29.8 Å². The summed E-state index contributed by atoms with van der Waals surface area (Å²) in [4.78, 5) is 22.4. The third kappa shape index (κ3) is 3.09. The zero-order chi connectivity index (χ0) is 15.4. The number of benzene rings is 1. The summed E-state index contributed by atoms with van der Waals surface area (Å²) in [6.45, 7) is 1.58. The van der Waals surface area contributed by atoms with Gasteiger partial charge in [0.25, 0.3) is 0 Å². The zero-order valence-corrected chi connectivity index (χ0v) is 11.8. The Morgan fingerprint density at radius 3 is 2.90 bits per heavy atom. The van der Waals surface area contributed by atoms with Crippen LogP contribution in [0.4, 0.5) is 11.5 Å². The van der Waals surface area contributed by atoms with Crippen molar-refractivity contribution in [1.29, 1.82) is 0 Å². The molecule has 1 aromatic carbocycles. The number of nitrogens with zero attached hydrogens (tertiary/aromatic N) is 2. The van der Waals surface area contributed by atoms with Crippen LogP contribution in [0.2, 0.25) is 0 Å². The Morgan fingerprint density at radius 2 is 2.29 bits per heavy atom. The van der Waals surface area contributed by atoms with Crippen LogP contribution in [0.5, 0.6) is 0 Å². The van der Waals surface area contributed by atoms with Crippen LogP contribution >= 0.6 is 0 Å². The van der Waals surface area contributed by atoms with E-state index < -0.39 is 0 Å². The monoisotopic (exact) mass is 288 g/mol. The Kier molecular flexibility index (Phi) is 4.34. The van der Waals surface area contributed by atoms with Crippen molar-refractivity contribution in [1.82, 2.24) is 9.78 Å². The summed E-state index contributed by atoms with van der Waals surface area (Å²) in [5, 5.41) is 6.96. The fourth-order valence-electron chi connectivity index (χ4n) is 1.99. The highest BCUT2D eigenvalue weighted by Crippen LogP contribution is 2.27. The number of aldehydes is 1. The molecule has 21 heavy (non-hydrogen) atoms. The second kappa shape index (κ2) is 6.19. The highest BCUT2D eigenvalue weighted by atomic mass is 16.5. The van der Waals surface area contributed by atoms with E-state index >= 15 is 0 Å². The Labute approximate surface area is 121 Å². The number of aromatic nitrogens is 2. The lowest BCUT2D eigenvalue weighted by Crippen LogP contribution is -2.06. The van der Waals surface area contributed by atoms with Crippen LogP contribution in [0.15, 0.2) is 24.3 Å². The molecule has 110 valence electrons. The highest BCUT2D eigenvalue weighted by molar-refractivity contribution is 5.93. The van der Waals surface area contributed by atoms with Crippen LogP contribution < -0.4 is 11.1 Å². The first-order valence-electron chi connectivity index (χ1n) is 6.25. The van der Waals surface area contributed by atoms with Gasteiger partial charge < -0.3 is 15.8 Å². The van der Waals surface area contributed by atoms with E-state index in [1.165, 1.54) is 18.7 Å². The van der Waals surface area contributed by atoms with E-state index in [-0.39, 0.29) is 18.5 Å². The lowest BCUT2D eigenvalue weighted by Gasteiger charge is -2.04. The van der Waals surface area contributed by atoms with Crippen LogP contribution in [-0.2, 0) is 16.3 Å². The maximum atomic E-state index is 11.3. The van der Waals surface area contributed by atoms with Crippen molar-refractivity contribution < 1.29 is 14.3 Å². The van der Waals surface area contributed by atoms with Gasteiger partial charge in [0.2, 0.25) is 5.91 Å². The summed E-state index contributed by atoms with van der Waals surface area (Å²) in [5.41, 5.74) is 7.93. The fourth-order valence-corrected chi connectivity index (χ4v) is 1.99. The number of carbonyl (C=O) groups is 2. The number of rotatable bonds is 5. The number of amides is 1. The summed E-state index contributed by atoms with van der Waals surface area (Å²) in [6.07, 6.45) is 0.662. The molecule has 1 aromatic heterocycles. The molecular weight excluding hydrogens is 272 g/mol. The van der Waals surface area contributed by atoms with E-state index in [4.69, 9.17) is 10.5 Å². The van der Waals surface area contributed by atoms with Crippen molar-refractivity contribution in [2.24, 2.45) is 0 Å². The number of nitrogens with two attached hydrogens (primary N) is 1. The molecule has 0 unspecified atom stereocenters. The molecule has 0 aliphatic carbocycles. The summed E-state index contributed by atoms with van der Waals surface area (Å²) >= 11 is 0. The molecule has 1 amide bonds. The molecule has 1 heterocycles. The number of nitrogen functional groups attached to an aromatic ring is 1. The van der Waals surface area contributed by atoms with E-state index in [1.807, 2.05) is 0 Å².